The number of nitrogen functional groups attached to an aromatic ring is 1. The third-order valence-electron chi connectivity index (χ3n) is 3.04. The lowest BCUT2D eigenvalue weighted by Crippen LogP contribution is -2.28. The Morgan fingerprint density at radius 1 is 1.57 bits per heavy atom. The van der Waals surface area contributed by atoms with Crippen molar-refractivity contribution < 1.29 is 19.3 Å². The van der Waals surface area contributed by atoms with Gasteiger partial charge in [0.15, 0.2) is 16.9 Å². The van der Waals surface area contributed by atoms with Gasteiger partial charge in [-0.3, -0.25) is 14.3 Å². The van der Waals surface area contributed by atoms with Gasteiger partial charge in [-0.25, -0.2) is 4.98 Å². The quantitative estimate of drug-likeness (QED) is 0.547. The summed E-state index contributed by atoms with van der Waals surface area (Å²) in [6, 6.07) is 0. The number of imidazole rings is 1. The largest absolute Gasteiger partial charge is 0.465 e. The predicted molar refractivity (Wildman–Crippen MR) is 68.7 cm³/mol. The van der Waals surface area contributed by atoms with Gasteiger partial charge >= 0.3 is 0 Å². The van der Waals surface area contributed by atoms with Crippen LogP contribution < -0.4 is 11.3 Å². The molecule has 3 heterocycles. The number of halogens is 2. The van der Waals surface area contributed by atoms with E-state index >= 15 is 0 Å². The van der Waals surface area contributed by atoms with Crippen LogP contribution in [0, 0.1) is 0 Å². The molecule has 0 saturated carbocycles. The van der Waals surface area contributed by atoms with E-state index in [-0.39, 0.29) is 17.1 Å². The van der Waals surface area contributed by atoms with Crippen molar-refractivity contribution in [2.75, 3.05) is 5.73 Å². The molecule has 0 unspecified atom stereocenters. The first-order valence-electron chi connectivity index (χ1n) is 5.70. The van der Waals surface area contributed by atoms with Crippen LogP contribution in [-0.2, 0) is 4.74 Å². The monoisotopic (exact) mass is 317 g/mol. The van der Waals surface area contributed by atoms with Gasteiger partial charge in [-0.1, -0.05) is 0 Å². The van der Waals surface area contributed by atoms with Crippen molar-refractivity contribution in [1.29, 1.82) is 0 Å². The van der Waals surface area contributed by atoms with Crippen molar-refractivity contribution in [3.05, 3.63) is 27.7 Å². The van der Waals surface area contributed by atoms with Crippen molar-refractivity contribution in [3.63, 3.8) is 0 Å². The number of nitrogens with two attached hydrogens (primary N) is 1. The zero-order valence-electron chi connectivity index (χ0n) is 10.2. The fourth-order valence-corrected chi connectivity index (χ4v) is 2.24. The fourth-order valence-electron chi connectivity index (χ4n) is 2.09. The summed E-state index contributed by atoms with van der Waals surface area (Å²) < 4.78 is 19.3. The van der Waals surface area contributed by atoms with E-state index < -0.39 is 35.0 Å². The topological polar surface area (TPSA) is 139 Å². The summed E-state index contributed by atoms with van der Waals surface area (Å²) in [5, 5.41) is 18.3. The Labute approximate surface area is 120 Å². The zero-order valence-corrected chi connectivity index (χ0v) is 11.0. The highest BCUT2D eigenvalue weighted by Gasteiger charge is 2.43. The molecule has 1 saturated heterocycles. The summed E-state index contributed by atoms with van der Waals surface area (Å²) in [6.45, 7) is 0. The summed E-state index contributed by atoms with van der Waals surface area (Å²) in [6.07, 6.45) is -3.27. The molecule has 1 aliphatic rings. The standard InChI is InChI=1S/C10H9ClFN5O4/c11-6(12)5-3(18)4(19)9(21-5)17-1-14-2-7(17)15-10(13)16-8(2)20/h1,3-4,9,18-19H,(H3,13,15,16,20)/t3-,4+,9+/m0/s1. The minimum Gasteiger partial charge on any atom is -0.465 e. The summed E-state index contributed by atoms with van der Waals surface area (Å²) in [4.78, 5) is 21.6. The molecule has 11 heteroatoms. The third-order valence-corrected chi connectivity index (χ3v) is 3.23. The highest BCUT2D eigenvalue weighted by molar-refractivity contribution is 6.28. The number of rotatable bonds is 1. The highest BCUT2D eigenvalue weighted by atomic mass is 35.5. The van der Waals surface area contributed by atoms with Crippen molar-refractivity contribution in [2.24, 2.45) is 0 Å². The van der Waals surface area contributed by atoms with Crippen LogP contribution in [0.1, 0.15) is 6.23 Å². The van der Waals surface area contributed by atoms with Gasteiger partial charge in [0.25, 0.3) is 5.56 Å². The number of aromatic amines is 1. The van der Waals surface area contributed by atoms with Gasteiger partial charge in [-0.05, 0) is 11.6 Å². The third kappa shape index (κ3) is 2.04. The zero-order chi connectivity index (χ0) is 15.3. The molecule has 1 aliphatic heterocycles. The molecular weight excluding hydrogens is 309 g/mol. The first kappa shape index (κ1) is 13.8. The number of H-pyrrole nitrogens is 1. The second kappa shape index (κ2) is 4.69. The summed E-state index contributed by atoms with van der Waals surface area (Å²) >= 11 is 5.14. The van der Waals surface area contributed by atoms with E-state index in [2.05, 4.69) is 15.0 Å². The molecule has 0 bridgehead atoms. The molecule has 21 heavy (non-hydrogen) atoms. The molecule has 0 amide bonds. The molecule has 5 N–H and O–H groups in total. The predicted octanol–water partition coefficient (Wildman–Crippen LogP) is -0.670. The molecule has 0 aliphatic carbocycles. The summed E-state index contributed by atoms with van der Waals surface area (Å²) in [5.41, 5.74) is 4.83. The lowest BCUT2D eigenvalue weighted by molar-refractivity contribution is -0.0120. The Morgan fingerprint density at radius 3 is 2.90 bits per heavy atom. The molecule has 9 nitrogen and oxygen atoms in total. The van der Waals surface area contributed by atoms with Crippen molar-refractivity contribution >= 4 is 28.7 Å². The van der Waals surface area contributed by atoms with Gasteiger partial charge in [0.2, 0.25) is 17.5 Å². The number of fused-ring (bicyclic) bond motifs is 1. The summed E-state index contributed by atoms with van der Waals surface area (Å²) in [7, 11) is 0. The number of ether oxygens (including phenoxy) is 1. The van der Waals surface area contributed by atoms with Gasteiger partial charge in [0.05, 0.1) is 0 Å². The maximum absolute atomic E-state index is 13.0. The number of aliphatic hydroxyl groups excluding tert-OH is 2. The van der Waals surface area contributed by atoms with E-state index in [0.29, 0.717) is 0 Å². The molecule has 2 aromatic rings. The number of aliphatic hydroxyl groups is 2. The molecule has 112 valence electrons. The van der Waals surface area contributed by atoms with Crippen LogP contribution in [0.4, 0.5) is 10.3 Å². The van der Waals surface area contributed by atoms with Crippen LogP contribution in [-0.4, -0.2) is 41.9 Å². The Kier molecular flexibility index (Phi) is 3.08. The Balaban J connectivity index is 2.14. The van der Waals surface area contributed by atoms with Gasteiger partial charge in [-0.15, -0.1) is 0 Å². The number of nitrogens with zero attached hydrogens (tertiary/aromatic N) is 3. The average Bonchev–Trinajstić information content (AvgIpc) is 2.93. The number of aromatic nitrogens is 4. The number of hydrogen-bond donors (Lipinski definition) is 4. The SMILES string of the molecule is Nc1nc2c(ncn2[C@@H]2OC(=C(F)Cl)[C@@H](O)[C@H]2O)c(=O)[nH]1. The fraction of sp³-hybridized carbons (Fsp3) is 0.300. The van der Waals surface area contributed by atoms with Crippen molar-refractivity contribution in [3.8, 4) is 0 Å². The number of anilines is 1. The van der Waals surface area contributed by atoms with Crippen LogP contribution >= 0.6 is 11.6 Å². The van der Waals surface area contributed by atoms with E-state index in [9.17, 15) is 19.4 Å². The number of nitrogens with one attached hydrogen (secondary N) is 1. The smallest absolute Gasteiger partial charge is 0.280 e. The minimum absolute atomic E-state index is 0.0173. The van der Waals surface area contributed by atoms with Gasteiger partial charge in [-0.2, -0.15) is 9.37 Å². The Hall–Kier alpha value is -2.17. The lowest BCUT2D eigenvalue weighted by Gasteiger charge is -2.15. The van der Waals surface area contributed by atoms with E-state index in [4.69, 9.17) is 22.1 Å². The van der Waals surface area contributed by atoms with Crippen LogP contribution in [0.15, 0.2) is 22.2 Å². The molecule has 0 spiro atoms. The first-order chi connectivity index (χ1) is 9.90. The molecule has 0 aromatic carbocycles. The van der Waals surface area contributed by atoms with Gasteiger partial charge in [0.1, 0.15) is 18.5 Å². The normalized spacial score (nSPS) is 27.9. The Bertz CT molecular complexity index is 798. The molecule has 0 radical (unpaired) electrons. The van der Waals surface area contributed by atoms with Crippen molar-refractivity contribution in [2.45, 2.75) is 18.4 Å². The van der Waals surface area contributed by atoms with Crippen LogP contribution in [0.5, 0.6) is 0 Å². The lowest BCUT2D eigenvalue weighted by atomic mass is 10.2. The molecule has 3 rings (SSSR count). The van der Waals surface area contributed by atoms with Gasteiger partial charge < -0.3 is 20.7 Å². The minimum atomic E-state index is -1.65. The molecule has 2 aromatic heterocycles. The van der Waals surface area contributed by atoms with E-state index in [1.54, 1.807) is 0 Å². The maximum atomic E-state index is 13.0. The van der Waals surface area contributed by atoms with E-state index in [1.165, 1.54) is 0 Å². The second-order valence-corrected chi connectivity index (χ2v) is 4.68. The molecular formula is C10H9ClFN5O4. The second-order valence-electron chi connectivity index (χ2n) is 4.34. The first-order valence-corrected chi connectivity index (χ1v) is 6.08. The molecule has 1 fully saturated rings. The molecule has 3 atom stereocenters. The van der Waals surface area contributed by atoms with Crippen LogP contribution in [0.25, 0.3) is 11.2 Å². The highest BCUT2D eigenvalue weighted by Crippen LogP contribution is 2.36. The van der Waals surface area contributed by atoms with E-state index in [0.717, 1.165) is 10.9 Å². The Morgan fingerprint density at radius 2 is 2.29 bits per heavy atom. The van der Waals surface area contributed by atoms with Crippen LogP contribution in [0.2, 0.25) is 0 Å². The average molecular weight is 318 g/mol. The number of hydrogen-bond acceptors (Lipinski definition) is 7. The van der Waals surface area contributed by atoms with Gasteiger partial charge in [0, 0.05) is 0 Å². The maximum Gasteiger partial charge on any atom is 0.280 e. The van der Waals surface area contributed by atoms with Crippen molar-refractivity contribution in [1.82, 2.24) is 19.5 Å². The van der Waals surface area contributed by atoms with E-state index in [1.807, 2.05) is 0 Å². The summed E-state index contributed by atoms with van der Waals surface area (Å²) in [5.74, 6) is -0.768. The van der Waals surface area contributed by atoms with Crippen LogP contribution in [0.3, 0.4) is 0 Å².